The molecule has 0 amide bonds. The lowest BCUT2D eigenvalue weighted by Crippen LogP contribution is -2.44. The number of rotatable bonds is 2. The molecule has 96 valence electrons. The molecule has 1 aromatic heterocycles. The molecule has 0 spiro atoms. The first-order valence-electron chi connectivity index (χ1n) is 6.36. The molecule has 0 aromatic carbocycles. The number of piperazine rings is 1. The second kappa shape index (κ2) is 7.25. The molecule has 1 aromatic rings. The summed E-state index contributed by atoms with van der Waals surface area (Å²) in [6.45, 7) is 9.43. The van der Waals surface area contributed by atoms with Crippen molar-refractivity contribution in [2.75, 3.05) is 39.0 Å². The van der Waals surface area contributed by atoms with Crippen LogP contribution in [0.2, 0.25) is 0 Å². The Labute approximate surface area is 104 Å². The molecule has 0 bridgehead atoms. The largest absolute Gasteiger partial charge is 0.384 e. The van der Waals surface area contributed by atoms with Crippen LogP contribution in [-0.2, 0) is 6.54 Å². The smallest absolute Gasteiger partial charge is 0.123 e. The van der Waals surface area contributed by atoms with Gasteiger partial charge in [0.05, 0.1) is 5.69 Å². The number of nitrogens with two attached hydrogens (primary N) is 1. The van der Waals surface area contributed by atoms with Crippen molar-refractivity contribution in [1.29, 1.82) is 0 Å². The molecule has 1 aliphatic heterocycles. The van der Waals surface area contributed by atoms with Crippen molar-refractivity contribution in [2.24, 2.45) is 0 Å². The number of likely N-dealkylation sites (N-methyl/N-ethyl adjacent to an activating group) is 1. The highest BCUT2D eigenvalue weighted by Gasteiger charge is 2.13. The molecular weight excluding hydrogens is 212 g/mol. The highest BCUT2D eigenvalue weighted by Crippen LogP contribution is 2.07. The molecule has 4 nitrogen and oxygen atoms in total. The summed E-state index contributed by atoms with van der Waals surface area (Å²) in [6, 6.07) is 5.83. The van der Waals surface area contributed by atoms with E-state index in [-0.39, 0.29) is 0 Å². The average molecular weight is 236 g/mol. The molecule has 2 rings (SSSR count). The van der Waals surface area contributed by atoms with Gasteiger partial charge >= 0.3 is 0 Å². The first-order valence-corrected chi connectivity index (χ1v) is 6.36. The van der Waals surface area contributed by atoms with Gasteiger partial charge in [-0.05, 0) is 19.2 Å². The van der Waals surface area contributed by atoms with E-state index in [1.807, 2.05) is 32.0 Å². The summed E-state index contributed by atoms with van der Waals surface area (Å²) in [4.78, 5) is 9.08. The fourth-order valence-electron chi connectivity index (χ4n) is 1.82. The number of hydrogen-bond donors (Lipinski definition) is 1. The van der Waals surface area contributed by atoms with Crippen molar-refractivity contribution in [3.63, 3.8) is 0 Å². The van der Waals surface area contributed by atoms with Crippen LogP contribution in [0.15, 0.2) is 18.2 Å². The lowest BCUT2D eigenvalue weighted by molar-refractivity contribution is 0.147. The monoisotopic (exact) mass is 236 g/mol. The van der Waals surface area contributed by atoms with Gasteiger partial charge in [0.25, 0.3) is 0 Å². The van der Waals surface area contributed by atoms with Crippen molar-refractivity contribution in [1.82, 2.24) is 14.8 Å². The summed E-state index contributed by atoms with van der Waals surface area (Å²) in [6.07, 6.45) is 0. The first kappa shape index (κ1) is 13.9. The van der Waals surface area contributed by atoms with E-state index in [0.29, 0.717) is 5.82 Å². The average Bonchev–Trinajstić information content (AvgIpc) is 2.35. The van der Waals surface area contributed by atoms with Crippen molar-refractivity contribution in [3.8, 4) is 0 Å². The van der Waals surface area contributed by atoms with Gasteiger partial charge in [-0.2, -0.15) is 0 Å². The second-order valence-electron chi connectivity index (χ2n) is 4.13. The Bertz CT molecular complexity index is 319. The Hall–Kier alpha value is -1.13. The van der Waals surface area contributed by atoms with Crippen LogP contribution in [0, 0.1) is 0 Å². The van der Waals surface area contributed by atoms with Crippen molar-refractivity contribution in [3.05, 3.63) is 23.9 Å². The van der Waals surface area contributed by atoms with Gasteiger partial charge in [-0.1, -0.05) is 19.9 Å². The topological polar surface area (TPSA) is 45.4 Å². The minimum atomic E-state index is 0.613. The number of anilines is 1. The van der Waals surface area contributed by atoms with Crippen LogP contribution >= 0.6 is 0 Å². The summed E-state index contributed by atoms with van der Waals surface area (Å²) >= 11 is 0. The van der Waals surface area contributed by atoms with Crippen LogP contribution in [-0.4, -0.2) is 48.0 Å². The summed E-state index contributed by atoms with van der Waals surface area (Å²) in [5.74, 6) is 0.613. The van der Waals surface area contributed by atoms with Gasteiger partial charge in [0.1, 0.15) is 5.82 Å². The lowest BCUT2D eigenvalue weighted by Gasteiger charge is -2.32. The third kappa shape index (κ3) is 4.71. The SMILES string of the molecule is CC.CN1CCN(Cc2cccc(N)n2)CC1. The Morgan fingerprint density at radius 2 is 1.82 bits per heavy atom. The van der Waals surface area contributed by atoms with Crippen molar-refractivity contribution < 1.29 is 0 Å². The third-order valence-electron chi connectivity index (χ3n) is 2.81. The van der Waals surface area contributed by atoms with E-state index in [1.54, 1.807) is 0 Å². The van der Waals surface area contributed by atoms with Gasteiger partial charge in [0, 0.05) is 32.7 Å². The molecule has 4 heteroatoms. The Balaban J connectivity index is 0.000000686. The highest BCUT2D eigenvalue weighted by molar-refractivity contribution is 5.28. The molecule has 0 aliphatic carbocycles. The molecule has 0 atom stereocenters. The van der Waals surface area contributed by atoms with E-state index in [0.717, 1.165) is 38.4 Å². The van der Waals surface area contributed by atoms with Crippen LogP contribution in [0.4, 0.5) is 5.82 Å². The maximum atomic E-state index is 5.65. The van der Waals surface area contributed by atoms with Gasteiger partial charge in [0.15, 0.2) is 0 Å². The third-order valence-corrected chi connectivity index (χ3v) is 2.81. The molecule has 2 heterocycles. The summed E-state index contributed by atoms with van der Waals surface area (Å²) in [7, 11) is 2.16. The highest BCUT2D eigenvalue weighted by atomic mass is 15.2. The van der Waals surface area contributed by atoms with E-state index < -0.39 is 0 Å². The first-order chi connectivity index (χ1) is 8.24. The maximum absolute atomic E-state index is 5.65. The Kier molecular flexibility index (Phi) is 5.94. The number of nitrogen functional groups attached to an aromatic ring is 1. The summed E-state index contributed by atoms with van der Waals surface area (Å²) in [5.41, 5.74) is 6.72. The summed E-state index contributed by atoms with van der Waals surface area (Å²) in [5, 5.41) is 0. The summed E-state index contributed by atoms with van der Waals surface area (Å²) < 4.78 is 0. The molecule has 1 aliphatic rings. The fraction of sp³-hybridized carbons (Fsp3) is 0.615. The fourth-order valence-corrected chi connectivity index (χ4v) is 1.82. The number of aromatic nitrogens is 1. The van der Waals surface area contributed by atoms with Gasteiger partial charge in [0.2, 0.25) is 0 Å². The number of hydrogen-bond acceptors (Lipinski definition) is 4. The van der Waals surface area contributed by atoms with Crippen molar-refractivity contribution in [2.45, 2.75) is 20.4 Å². The van der Waals surface area contributed by atoms with E-state index >= 15 is 0 Å². The van der Waals surface area contributed by atoms with E-state index in [1.165, 1.54) is 0 Å². The molecule has 1 saturated heterocycles. The maximum Gasteiger partial charge on any atom is 0.123 e. The molecule has 2 N–H and O–H groups in total. The zero-order valence-corrected chi connectivity index (χ0v) is 11.2. The quantitative estimate of drug-likeness (QED) is 0.844. The normalized spacial score (nSPS) is 17.4. The number of nitrogens with zero attached hydrogens (tertiary/aromatic N) is 3. The molecule has 0 unspecified atom stereocenters. The standard InChI is InChI=1S/C11H18N4.C2H6/c1-14-5-7-15(8-6-14)9-10-3-2-4-11(12)13-10;1-2/h2-4H,5-9H2,1H3,(H2,12,13);1-2H3. The predicted molar refractivity (Wildman–Crippen MR) is 72.8 cm³/mol. The minimum absolute atomic E-state index is 0.613. The second-order valence-corrected chi connectivity index (χ2v) is 4.13. The van der Waals surface area contributed by atoms with Gasteiger partial charge in [-0.3, -0.25) is 4.90 Å². The van der Waals surface area contributed by atoms with E-state index in [2.05, 4.69) is 21.8 Å². The Morgan fingerprint density at radius 3 is 2.41 bits per heavy atom. The van der Waals surface area contributed by atoms with Crippen LogP contribution < -0.4 is 5.73 Å². The van der Waals surface area contributed by atoms with Gasteiger partial charge in [-0.25, -0.2) is 4.98 Å². The minimum Gasteiger partial charge on any atom is -0.384 e. The lowest BCUT2D eigenvalue weighted by atomic mass is 10.3. The van der Waals surface area contributed by atoms with Crippen LogP contribution in [0.3, 0.4) is 0 Å². The molecule has 0 saturated carbocycles. The van der Waals surface area contributed by atoms with Crippen LogP contribution in [0.5, 0.6) is 0 Å². The zero-order chi connectivity index (χ0) is 12.7. The van der Waals surface area contributed by atoms with E-state index in [4.69, 9.17) is 5.73 Å². The van der Waals surface area contributed by atoms with E-state index in [9.17, 15) is 0 Å². The van der Waals surface area contributed by atoms with Gasteiger partial charge in [-0.15, -0.1) is 0 Å². The van der Waals surface area contributed by atoms with Crippen LogP contribution in [0.25, 0.3) is 0 Å². The molecule has 0 radical (unpaired) electrons. The zero-order valence-electron chi connectivity index (χ0n) is 11.2. The molecule has 17 heavy (non-hydrogen) atoms. The van der Waals surface area contributed by atoms with Crippen molar-refractivity contribution >= 4 is 5.82 Å². The molecular formula is C13H24N4. The predicted octanol–water partition coefficient (Wildman–Crippen LogP) is 1.44. The Morgan fingerprint density at radius 1 is 1.18 bits per heavy atom. The molecule has 1 fully saturated rings. The van der Waals surface area contributed by atoms with Gasteiger partial charge < -0.3 is 10.6 Å². The van der Waals surface area contributed by atoms with Crippen LogP contribution in [0.1, 0.15) is 19.5 Å². The number of pyridine rings is 1.